The van der Waals surface area contributed by atoms with Crippen LogP contribution in [0.4, 0.5) is 0 Å². The van der Waals surface area contributed by atoms with E-state index in [1.807, 2.05) is 30.6 Å². The molecular formula is C19H25N3O. The molecule has 2 aromatic rings. The largest absolute Gasteiger partial charge is 0.392 e. The maximum Gasteiger partial charge on any atom is 0.0682 e. The van der Waals surface area contributed by atoms with Gasteiger partial charge >= 0.3 is 0 Å². The van der Waals surface area contributed by atoms with Crippen LogP contribution >= 0.6 is 0 Å². The number of benzene rings is 1. The van der Waals surface area contributed by atoms with Crippen molar-refractivity contribution in [3.63, 3.8) is 0 Å². The minimum atomic E-state index is -0.221. The molecule has 1 fully saturated rings. The molecule has 1 aromatic heterocycles. The van der Waals surface area contributed by atoms with Crippen molar-refractivity contribution in [1.29, 1.82) is 0 Å². The molecule has 0 amide bonds. The van der Waals surface area contributed by atoms with E-state index < -0.39 is 0 Å². The van der Waals surface area contributed by atoms with Gasteiger partial charge in [0, 0.05) is 44.1 Å². The highest BCUT2D eigenvalue weighted by Crippen LogP contribution is 2.21. The molecule has 1 aliphatic heterocycles. The van der Waals surface area contributed by atoms with Gasteiger partial charge in [-0.1, -0.05) is 30.3 Å². The van der Waals surface area contributed by atoms with Crippen LogP contribution in [0.3, 0.4) is 0 Å². The van der Waals surface area contributed by atoms with Crippen LogP contribution < -0.4 is 5.32 Å². The average Bonchev–Trinajstić information content (AvgIpc) is 2.94. The van der Waals surface area contributed by atoms with Crippen LogP contribution in [0, 0.1) is 0 Å². The molecule has 0 aliphatic carbocycles. The van der Waals surface area contributed by atoms with E-state index in [4.69, 9.17) is 0 Å². The molecule has 4 heteroatoms. The molecule has 2 heterocycles. The first-order chi connectivity index (χ1) is 11.2. The monoisotopic (exact) mass is 311 g/mol. The first kappa shape index (κ1) is 16.1. The lowest BCUT2D eigenvalue weighted by Crippen LogP contribution is -2.38. The Hall–Kier alpha value is -1.75. The summed E-state index contributed by atoms with van der Waals surface area (Å²) >= 11 is 0. The number of aliphatic hydroxyl groups is 1. The Morgan fingerprint density at radius 3 is 2.70 bits per heavy atom. The van der Waals surface area contributed by atoms with Crippen molar-refractivity contribution in [3.05, 3.63) is 66.0 Å². The highest BCUT2D eigenvalue weighted by Gasteiger charge is 2.30. The molecule has 1 saturated heterocycles. The summed E-state index contributed by atoms with van der Waals surface area (Å²) in [6.45, 7) is 4.70. The normalized spacial score (nSPS) is 23.0. The van der Waals surface area contributed by atoms with E-state index in [9.17, 15) is 5.11 Å². The molecule has 2 N–H and O–H groups in total. The molecule has 0 bridgehead atoms. The number of hydrogen-bond acceptors (Lipinski definition) is 4. The van der Waals surface area contributed by atoms with Gasteiger partial charge in [-0.3, -0.25) is 9.88 Å². The third-order valence-electron chi connectivity index (χ3n) is 4.60. The number of nitrogens with zero attached hydrogens (tertiary/aromatic N) is 2. The number of β-amino-alcohol motifs (C(OH)–C–C–N with tert-alkyl or cyclic N) is 1. The van der Waals surface area contributed by atoms with E-state index in [1.54, 1.807) is 0 Å². The molecule has 122 valence electrons. The zero-order valence-electron chi connectivity index (χ0n) is 13.6. The Balaban J connectivity index is 1.57. The van der Waals surface area contributed by atoms with Gasteiger partial charge in [0.15, 0.2) is 0 Å². The molecule has 0 radical (unpaired) electrons. The van der Waals surface area contributed by atoms with Crippen molar-refractivity contribution >= 4 is 0 Å². The lowest BCUT2D eigenvalue weighted by molar-refractivity contribution is 0.172. The predicted octanol–water partition coefficient (Wildman–Crippen LogP) is 2.37. The van der Waals surface area contributed by atoms with Crippen molar-refractivity contribution < 1.29 is 5.11 Å². The summed E-state index contributed by atoms with van der Waals surface area (Å²) in [6, 6.07) is 15.2. The van der Waals surface area contributed by atoms with E-state index in [2.05, 4.69) is 46.4 Å². The second-order valence-electron chi connectivity index (χ2n) is 6.37. The van der Waals surface area contributed by atoms with Crippen LogP contribution in [0.2, 0.25) is 0 Å². The summed E-state index contributed by atoms with van der Waals surface area (Å²) in [4.78, 5) is 6.45. The summed E-state index contributed by atoms with van der Waals surface area (Å²) in [5, 5.41) is 13.6. The van der Waals surface area contributed by atoms with Crippen molar-refractivity contribution in [2.75, 3.05) is 13.1 Å². The van der Waals surface area contributed by atoms with Crippen molar-refractivity contribution in [2.45, 2.75) is 38.1 Å². The summed E-state index contributed by atoms with van der Waals surface area (Å²) in [7, 11) is 0. The molecule has 23 heavy (non-hydrogen) atoms. The predicted molar refractivity (Wildman–Crippen MR) is 91.9 cm³/mol. The number of aromatic nitrogens is 1. The molecule has 3 atom stereocenters. The second kappa shape index (κ2) is 7.68. The smallest absolute Gasteiger partial charge is 0.0682 e. The fraction of sp³-hybridized carbons (Fsp3) is 0.421. The molecular weight excluding hydrogens is 286 g/mol. The van der Waals surface area contributed by atoms with E-state index in [0.717, 1.165) is 26.1 Å². The van der Waals surface area contributed by atoms with Gasteiger partial charge in [-0.25, -0.2) is 0 Å². The average molecular weight is 311 g/mol. The van der Waals surface area contributed by atoms with Crippen LogP contribution in [0.25, 0.3) is 0 Å². The van der Waals surface area contributed by atoms with Crippen molar-refractivity contribution in [3.8, 4) is 0 Å². The molecule has 3 unspecified atom stereocenters. The number of nitrogens with one attached hydrogen (secondary N) is 1. The zero-order chi connectivity index (χ0) is 16.1. The van der Waals surface area contributed by atoms with Gasteiger partial charge in [-0.05, 0) is 36.6 Å². The van der Waals surface area contributed by atoms with Crippen LogP contribution in [0.15, 0.2) is 54.9 Å². The molecule has 3 rings (SSSR count). The standard InChI is InChI=1S/C19H25N3O/c1-15(17-7-9-20-10-8-17)21-12-18-11-19(23)14-22(18)13-16-5-3-2-4-6-16/h2-10,15,18-19,21,23H,11-14H2,1H3. The van der Waals surface area contributed by atoms with Crippen LogP contribution in [0.1, 0.15) is 30.5 Å². The zero-order valence-corrected chi connectivity index (χ0v) is 13.6. The maximum atomic E-state index is 10.1. The number of pyridine rings is 1. The van der Waals surface area contributed by atoms with Crippen molar-refractivity contribution in [1.82, 2.24) is 15.2 Å². The van der Waals surface area contributed by atoms with Gasteiger partial charge in [0.05, 0.1) is 6.10 Å². The van der Waals surface area contributed by atoms with Gasteiger partial charge in [0.2, 0.25) is 0 Å². The number of aliphatic hydroxyl groups excluding tert-OH is 1. The topological polar surface area (TPSA) is 48.4 Å². The van der Waals surface area contributed by atoms with Crippen LogP contribution in [-0.2, 0) is 6.54 Å². The second-order valence-corrected chi connectivity index (χ2v) is 6.37. The molecule has 0 spiro atoms. The number of rotatable bonds is 6. The highest BCUT2D eigenvalue weighted by atomic mass is 16.3. The molecule has 0 saturated carbocycles. The van der Waals surface area contributed by atoms with Gasteiger partial charge < -0.3 is 10.4 Å². The Kier molecular flexibility index (Phi) is 5.39. The van der Waals surface area contributed by atoms with Gasteiger partial charge in [-0.2, -0.15) is 0 Å². The van der Waals surface area contributed by atoms with E-state index in [-0.39, 0.29) is 12.1 Å². The fourth-order valence-corrected chi connectivity index (χ4v) is 3.26. The van der Waals surface area contributed by atoms with Crippen LogP contribution in [-0.4, -0.2) is 40.2 Å². The van der Waals surface area contributed by atoms with Gasteiger partial charge in [-0.15, -0.1) is 0 Å². The first-order valence-electron chi connectivity index (χ1n) is 8.31. The first-order valence-corrected chi connectivity index (χ1v) is 8.31. The Bertz CT molecular complexity index is 590. The highest BCUT2D eigenvalue weighted by molar-refractivity contribution is 5.16. The van der Waals surface area contributed by atoms with E-state index >= 15 is 0 Å². The van der Waals surface area contributed by atoms with Gasteiger partial charge in [0.1, 0.15) is 0 Å². The minimum Gasteiger partial charge on any atom is -0.392 e. The SMILES string of the molecule is CC(NCC1CC(O)CN1Cc1ccccc1)c1ccncc1. The third-order valence-corrected chi connectivity index (χ3v) is 4.60. The maximum absolute atomic E-state index is 10.1. The minimum absolute atomic E-state index is 0.221. The number of likely N-dealkylation sites (tertiary alicyclic amines) is 1. The lowest BCUT2D eigenvalue weighted by Gasteiger charge is -2.26. The Labute approximate surface area is 138 Å². The number of hydrogen-bond donors (Lipinski definition) is 2. The lowest BCUT2D eigenvalue weighted by atomic mass is 10.1. The Morgan fingerprint density at radius 2 is 1.96 bits per heavy atom. The van der Waals surface area contributed by atoms with Gasteiger partial charge in [0.25, 0.3) is 0 Å². The molecule has 1 aromatic carbocycles. The summed E-state index contributed by atoms with van der Waals surface area (Å²) in [5.74, 6) is 0. The third kappa shape index (κ3) is 4.38. The quantitative estimate of drug-likeness (QED) is 0.860. The summed E-state index contributed by atoms with van der Waals surface area (Å²) < 4.78 is 0. The van der Waals surface area contributed by atoms with Crippen LogP contribution in [0.5, 0.6) is 0 Å². The summed E-state index contributed by atoms with van der Waals surface area (Å²) in [5.41, 5.74) is 2.54. The van der Waals surface area contributed by atoms with Crippen molar-refractivity contribution in [2.24, 2.45) is 0 Å². The Morgan fingerprint density at radius 1 is 1.22 bits per heavy atom. The van der Waals surface area contributed by atoms with E-state index in [0.29, 0.717) is 6.04 Å². The molecule has 4 nitrogen and oxygen atoms in total. The van der Waals surface area contributed by atoms with E-state index in [1.165, 1.54) is 11.1 Å². The summed E-state index contributed by atoms with van der Waals surface area (Å²) in [6.07, 6.45) is 4.27. The molecule has 1 aliphatic rings. The fourth-order valence-electron chi connectivity index (χ4n) is 3.26.